The van der Waals surface area contributed by atoms with Crippen LogP contribution in [-0.2, 0) is 19.7 Å². The smallest absolute Gasteiger partial charge is 0.298 e. The van der Waals surface area contributed by atoms with Gasteiger partial charge in [-0.15, -0.1) is 0 Å². The fraction of sp³-hybridized carbons (Fsp3) is 0.349. The molecule has 1 aliphatic carbocycles. The number of sulfone groups is 2. The number of carbonyl (C=O) groups is 2. The second kappa shape index (κ2) is 16.5. The summed E-state index contributed by atoms with van der Waals surface area (Å²) in [6, 6.07) is 21.5. The molecule has 2 saturated heterocycles. The molecule has 2 unspecified atom stereocenters. The van der Waals surface area contributed by atoms with Crippen LogP contribution >= 0.6 is 0 Å². The maximum atomic E-state index is 13.4. The molecular formula is C43H44F2N6O8S2. The Morgan fingerprint density at radius 2 is 1.10 bits per heavy atom. The van der Waals surface area contributed by atoms with E-state index in [1.165, 1.54) is 36.4 Å². The predicted octanol–water partition coefficient (Wildman–Crippen LogP) is 6.37. The van der Waals surface area contributed by atoms with E-state index in [1.54, 1.807) is 65.3 Å². The van der Waals surface area contributed by atoms with Crippen LogP contribution in [-0.4, -0.2) is 111 Å². The molecule has 0 radical (unpaired) electrons. The van der Waals surface area contributed by atoms with Crippen molar-refractivity contribution in [1.29, 1.82) is 0 Å². The van der Waals surface area contributed by atoms with Crippen LogP contribution in [0, 0.1) is 11.6 Å². The highest BCUT2D eigenvalue weighted by Gasteiger charge is 2.40. The van der Waals surface area contributed by atoms with Gasteiger partial charge in [-0.2, -0.15) is 9.97 Å². The number of oxazole rings is 2. The largest absolute Gasteiger partial charge is 0.423 e. The molecule has 2 amide bonds. The highest BCUT2D eigenvalue weighted by Crippen LogP contribution is 2.36. The number of carbonyl (C=O) groups excluding carboxylic acids is 2. The molecule has 9 rings (SSSR count). The van der Waals surface area contributed by atoms with Crippen LogP contribution in [0.25, 0.3) is 22.2 Å². The molecule has 2 aromatic heterocycles. The Kier molecular flexibility index (Phi) is 11.3. The summed E-state index contributed by atoms with van der Waals surface area (Å²) in [6.45, 7) is 8.01. The summed E-state index contributed by atoms with van der Waals surface area (Å²) in [6.07, 6.45) is 1.29. The lowest BCUT2D eigenvalue weighted by molar-refractivity contribution is 0.0660. The average molecular weight is 875 g/mol. The van der Waals surface area contributed by atoms with Crippen molar-refractivity contribution in [1.82, 2.24) is 19.8 Å². The first kappa shape index (κ1) is 41.8. The van der Waals surface area contributed by atoms with Gasteiger partial charge < -0.3 is 28.4 Å². The Hall–Kier alpha value is -5.88. The molecule has 14 nitrogen and oxygen atoms in total. The zero-order valence-corrected chi connectivity index (χ0v) is 35.3. The van der Waals surface area contributed by atoms with Crippen LogP contribution < -0.4 is 9.80 Å². The van der Waals surface area contributed by atoms with Gasteiger partial charge in [0.15, 0.2) is 30.8 Å². The van der Waals surface area contributed by atoms with Crippen molar-refractivity contribution in [2.45, 2.75) is 60.7 Å². The van der Waals surface area contributed by atoms with Crippen molar-refractivity contribution in [3.05, 3.63) is 108 Å². The zero-order valence-electron chi connectivity index (χ0n) is 33.7. The van der Waals surface area contributed by atoms with E-state index in [2.05, 4.69) is 9.97 Å². The number of hydrogen-bond donors (Lipinski definition) is 0. The van der Waals surface area contributed by atoms with Crippen molar-refractivity contribution in [2.75, 3.05) is 54.8 Å². The van der Waals surface area contributed by atoms with Gasteiger partial charge in [-0.25, -0.2) is 25.6 Å². The van der Waals surface area contributed by atoms with Gasteiger partial charge in [0, 0.05) is 63.5 Å². The summed E-state index contributed by atoms with van der Waals surface area (Å²) in [7, 11) is -7.00. The lowest BCUT2D eigenvalue weighted by Gasteiger charge is -2.39. The number of benzene rings is 4. The second-order valence-corrected chi connectivity index (χ2v) is 19.9. The van der Waals surface area contributed by atoms with Crippen LogP contribution in [0.2, 0.25) is 0 Å². The van der Waals surface area contributed by atoms with E-state index < -0.39 is 31.3 Å². The van der Waals surface area contributed by atoms with Crippen molar-refractivity contribution >= 4 is 65.7 Å². The number of fused-ring (bicyclic) bond motifs is 2. The number of hydrogen-bond acceptors (Lipinski definition) is 12. The van der Waals surface area contributed by atoms with Crippen LogP contribution in [0.1, 0.15) is 54.3 Å². The van der Waals surface area contributed by atoms with Gasteiger partial charge in [-0.05, 0) is 75.2 Å². The zero-order chi connectivity index (χ0) is 43.2. The van der Waals surface area contributed by atoms with Crippen molar-refractivity contribution in [3.8, 4) is 0 Å². The summed E-state index contributed by atoms with van der Waals surface area (Å²) in [5.41, 5.74) is 2.30. The first-order chi connectivity index (χ1) is 29.1. The van der Waals surface area contributed by atoms with E-state index in [0.717, 1.165) is 0 Å². The molecule has 0 N–H and O–H groups in total. The van der Waals surface area contributed by atoms with Gasteiger partial charge in [-0.1, -0.05) is 31.2 Å². The Morgan fingerprint density at radius 1 is 0.656 bits per heavy atom. The summed E-state index contributed by atoms with van der Waals surface area (Å²) in [5, 5.41) is -0.375. The quantitative estimate of drug-likeness (QED) is 0.166. The minimum atomic E-state index is -3.52. The van der Waals surface area contributed by atoms with E-state index in [4.69, 9.17) is 8.83 Å². The van der Waals surface area contributed by atoms with Crippen molar-refractivity contribution in [3.63, 3.8) is 0 Å². The van der Waals surface area contributed by atoms with E-state index in [-0.39, 0.29) is 55.8 Å². The van der Waals surface area contributed by atoms with Crippen LogP contribution in [0.5, 0.6) is 0 Å². The number of piperazine rings is 2. The van der Waals surface area contributed by atoms with Crippen LogP contribution in [0.15, 0.2) is 104 Å². The minimum absolute atomic E-state index is 0.0631. The number of rotatable bonds is 8. The summed E-state index contributed by atoms with van der Waals surface area (Å²) in [4.78, 5) is 42.7. The molecule has 0 bridgehead atoms. The molecule has 2 atom stereocenters. The molecule has 1 saturated carbocycles. The molecule has 3 aliphatic rings. The third-order valence-corrected chi connectivity index (χ3v) is 15.3. The molecule has 3 fully saturated rings. The molecule has 61 heavy (non-hydrogen) atoms. The fourth-order valence-electron chi connectivity index (χ4n) is 7.74. The van der Waals surface area contributed by atoms with E-state index >= 15 is 0 Å². The normalized spacial score (nSPS) is 18.6. The molecule has 2 aliphatic heterocycles. The SMILES string of the molecule is CC1CN(c2nc3ccc(F)cc3o2)CCN1C(=O)c1ccccc1S(=O)(=O)C1CC1.CCS(=O)(=O)c1ccccc1C(=O)N1CCN(c2nc3ccc(F)cc3o2)CC1C. The number of halogens is 2. The first-order valence-corrected chi connectivity index (χ1v) is 23.2. The molecule has 4 heterocycles. The summed E-state index contributed by atoms with van der Waals surface area (Å²) >= 11 is 0. The van der Waals surface area contributed by atoms with Gasteiger partial charge in [0.2, 0.25) is 0 Å². The number of anilines is 2. The molecule has 6 aromatic rings. The molecular weight excluding hydrogens is 831 g/mol. The first-order valence-electron chi connectivity index (χ1n) is 20.0. The lowest BCUT2D eigenvalue weighted by Crippen LogP contribution is -2.54. The lowest BCUT2D eigenvalue weighted by atomic mass is 10.1. The Morgan fingerprint density at radius 3 is 1.54 bits per heavy atom. The van der Waals surface area contributed by atoms with Gasteiger partial charge in [0.25, 0.3) is 23.8 Å². The van der Waals surface area contributed by atoms with Gasteiger partial charge in [0.1, 0.15) is 22.7 Å². The number of nitrogens with zero attached hydrogens (tertiary/aromatic N) is 6. The summed E-state index contributed by atoms with van der Waals surface area (Å²) < 4.78 is 88.7. The Balaban J connectivity index is 0.000000169. The Bertz CT molecular complexity index is 2860. The van der Waals surface area contributed by atoms with Crippen LogP contribution in [0.4, 0.5) is 20.8 Å². The van der Waals surface area contributed by atoms with Crippen LogP contribution in [0.3, 0.4) is 0 Å². The van der Waals surface area contributed by atoms with E-state index in [0.29, 0.717) is 86.3 Å². The maximum absolute atomic E-state index is 13.4. The average Bonchev–Trinajstić information content (AvgIpc) is 3.92. The van der Waals surface area contributed by atoms with Crippen molar-refractivity contribution in [2.24, 2.45) is 0 Å². The standard InChI is InChI=1S/C22H22FN3O4S.C21H22FN3O4S/c1-14-13-25(22-24-18-9-6-15(23)12-19(18)30-22)10-11-26(14)21(27)17-4-2-3-5-20(17)31(28,29)16-7-8-16;1-3-30(27,28)19-7-5-4-6-16(19)20(26)25-11-10-24(13-14(25)2)21-23-17-9-8-15(22)12-18(17)29-21/h2-6,9,12,14,16H,7-8,10-11,13H2,1H3;4-9,12,14H,3,10-11,13H2,1-2H3. The van der Waals surface area contributed by atoms with Gasteiger partial charge in [0.05, 0.1) is 31.9 Å². The molecule has 320 valence electrons. The predicted molar refractivity (Wildman–Crippen MR) is 224 cm³/mol. The van der Waals surface area contributed by atoms with Gasteiger partial charge >= 0.3 is 0 Å². The highest BCUT2D eigenvalue weighted by atomic mass is 32.2. The van der Waals surface area contributed by atoms with Gasteiger partial charge in [-0.3, -0.25) is 9.59 Å². The number of amides is 2. The molecule has 18 heteroatoms. The second-order valence-electron chi connectivity index (χ2n) is 15.4. The third kappa shape index (κ3) is 8.42. The minimum Gasteiger partial charge on any atom is -0.423 e. The topological polar surface area (TPSA) is 167 Å². The highest BCUT2D eigenvalue weighted by molar-refractivity contribution is 7.92. The summed E-state index contributed by atoms with van der Waals surface area (Å²) in [5.74, 6) is -1.45. The Labute approximate surface area is 351 Å². The third-order valence-electron chi connectivity index (χ3n) is 11.2. The fourth-order valence-corrected chi connectivity index (χ4v) is 10.7. The van der Waals surface area contributed by atoms with E-state index in [1.807, 2.05) is 23.6 Å². The van der Waals surface area contributed by atoms with E-state index in [9.17, 15) is 35.2 Å². The number of aromatic nitrogens is 2. The monoisotopic (exact) mass is 874 g/mol. The maximum Gasteiger partial charge on any atom is 0.298 e. The van der Waals surface area contributed by atoms with Crippen molar-refractivity contribution < 1.29 is 44.0 Å². The molecule has 0 spiro atoms. The molecule has 4 aromatic carbocycles.